The fraction of sp³-hybridized carbons (Fsp3) is 0.844. The normalized spacial score (nSPS) is 11.6. The van der Waals surface area contributed by atoms with Gasteiger partial charge in [0.05, 0.1) is 8.07 Å². The molecule has 0 saturated carbocycles. The molecule has 9 heteroatoms. The summed E-state index contributed by atoms with van der Waals surface area (Å²) in [6, 6.07) is 2.81. The summed E-state index contributed by atoms with van der Waals surface area (Å²) in [5.74, 6) is 0. The van der Waals surface area contributed by atoms with Crippen LogP contribution in [0.5, 0.6) is 0 Å². The summed E-state index contributed by atoms with van der Waals surface area (Å²) in [5, 5.41) is 0. The average molecular weight is 731 g/mol. The molecule has 246 valence electrons. The van der Waals surface area contributed by atoms with Gasteiger partial charge in [0.15, 0.2) is 0 Å². The van der Waals surface area contributed by atoms with E-state index in [1.165, 1.54) is 70.3 Å². The molecule has 0 spiro atoms. The van der Waals surface area contributed by atoms with Crippen molar-refractivity contribution in [3.63, 3.8) is 0 Å². The number of allylic oxidation sites excluding steroid dienone is 2. The third-order valence-corrected chi connectivity index (χ3v) is 20.4. The molecule has 0 N–H and O–H groups in total. The van der Waals surface area contributed by atoms with Crippen LogP contribution < -0.4 is 12.4 Å². The van der Waals surface area contributed by atoms with Crippen molar-refractivity contribution in [3.05, 3.63) is 31.9 Å². The SMILES string of the molecule is C=CCCCCCC[Si](C)(C)C[Si](C)(C)C.C=CCCCCCC[Si](C)(C)Cl.C[Si](C)(C)CCl.[CH2-][Si](C)(C)C.[Cl-].[Mg+2]. The molecule has 0 saturated heterocycles. The van der Waals surface area contributed by atoms with E-state index < -0.39 is 39.7 Å². The van der Waals surface area contributed by atoms with Crippen LogP contribution in [0, 0.1) is 6.55 Å². The van der Waals surface area contributed by atoms with Gasteiger partial charge in [-0.05, 0) is 31.7 Å². The molecule has 0 amide bonds. The molecular weight excluding hydrogens is 655 g/mol. The second-order valence-corrected chi connectivity index (χ2v) is 46.0. The van der Waals surface area contributed by atoms with Gasteiger partial charge in [0, 0.05) is 21.7 Å². The van der Waals surface area contributed by atoms with Gasteiger partial charge in [-0.2, -0.15) is 11.1 Å². The number of halogens is 3. The molecule has 0 unspecified atom stereocenters. The molecule has 0 aromatic heterocycles. The Morgan fingerprint density at radius 1 is 0.585 bits per heavy atom. The zero-order chi connectivity index (χ0) is 31.8. The molecule has 0 radical (unpaired) electrons. The van der Waals surface area contributed by atoms with Crippen LogP contribution in [0.4, 0.5) is 0 Å². The van der Waals surface area contributed by atoms with Crippen molar-refractivity contribution in [3.8, 4) is 0 Å². The van der Waals surface area contributed by atoms with Crippen LogP contribution in [0.15, 0.2) is 25.3 Å². The van der Waals surface area contributed by atoms with Crippen LogP contribution >= 0.6 is 22.7 Å². The van der Waals surface area contributed by atoms with Crippen LogP contribution in [0.1, 0.15) is 64.2 Å². The minimum Gasteiger partial charge on any atom is -1.00 e. The van der Waals surface area contributed by atoms with E-state index in [-0.39, 0.29) is 35.5 Å². The van der Waals surface area contributed by atoms with Gasteiger partial charge in [0.1, 0.15) is 7.38 Å². The third-order valence-electron chi connectivity index (χ3n) is 5.35. The monoisotopic (exact) mass is 728 g/mol. The molecule has 0 heterocycles. The Labute approximate surface area is 299 Å². The van der Waals surface area contributed by atoms with Crippen LogP contribution in [-0.4, -0.2) is 68.2 Å². The maximum absolute atomic E-state index is 6.20. The Kier molecular flexibility index (Phi) is 41.8. The van der Waals surface area contributed by atoms with Crippen molar-refractivity contribution >= 4 is 85.4 Å². The first-order valence-corrected chi connectivity index (χ1v) is 35.0. The second-order valence-electron chi connectivity index (χ2n) is 16.4. The first-order chi connectivity index (χ1) is 17.4. The van der Waals surface area contributed by atoms with E-state index in [4.69, 9.17) is 22.7 Å². The van der Waals surface area contributed by atoms with E-state index in [1.54, 1.807) is 11.7 Å². The van der Waals surface area contributed by atoms with Crippen molar-refractivity contribution in [1.82, 2.24) is 0 Å². The largest absolute Gasteiger partial charge is 2.00 e. The minimum absolute atomic E-state index is 0. The third kappa shape index (κ3) is 80.0. The number of hydrogen-bond donors (Lipinski definition) is 0. The molecule has 0 nitrogen and oxygen atoms in total. The summed E-state index contributed by atoms with van der Waals surface area (Å²) in [7, 11) is -4.69. The quantitative estimate of drug-likeness (QED) is 0.0349. The molecule has 0 aromatic carbocycles. The van der Waals surface area contributed by atoms with Crippen LogP contribution in [-0.2, 0) is 0 Å². The molecule has 41 heavy (non-hydrogen) atoms. The first kappa shape index (κ1) is 55.6. The maximum atomic E-state index is 6.20. The predicted molar refractivity (Wildman–Crippen MR) is 214 cm³/mol. The smallest absolute Gasteiger partial charge is 1.00 e. The zero-order valence-electron chi connectivity index (χ0n) is 30.5. The van der Waals surface area contributed by atoms with Gasteiger partial charge in [-0.25, -0.2) is 0 Å². The van der Waals surface area contributed by atoms with Gasteiger partial charge in [-0.1, -0.05) is 147 Å². The van der Waals surface area contributed by atoms with E-state index in [0.717, 1.165) is 5.50 Å². The summed E-state index contributed by atoms with van der Waals surface area (Å²) < 4.78 is 0. The standard InChI is InChI=1S/C14H32Si2.C10H21ClSi.C4H11ClSi.C4H11Si.ClH.Mg/c1-7-8-9-10-11-12-13-16(5,6)14-15(2,3)4;1-4-5-6-7-8-9-10-12(2,3)11;1-6(2,3)4-5;1-5(2,3)4;;/h7H,1,8-14H2,2-6H3;4H,1,5-10H2,2-3H3;4H2,1-3H3;1H2,2-4H3;1H;/q;;;-1;;+2/p-1. The van der Waals surface area contributed by atoms with Gasteiger partial charge in [-0.15, -0.1) is 32.8 Å². The van der Waals surface area contributed by atoms with Gasteiger partial charge in [0.25, 0.3) is 0 Å². The Hall–Kier alpha value is 2.20. The Bertz CT molecular complexity index is 556. The predicted octanol–water partition coefficient (Wildman–Crippen LogP) is 10.7. The van der Waals surface area contributed by atoms with Crippen molar-refractivity contribution in [2.45, 2.75) is 167 Å². The Morgan fingerprint density at radius 3 is 1.12 bits per heavy atom. The van der Waals surface area contributed by atoms with E-state index >= 15 is 0 Å². The molecule has 0 aliphatic heterocycles. The fourth-order valence-corrected chi connectivity index (χ4v) is 18.8. The first-order valence-electron chi connectivity index (χ1n) is 15.7. The summed E-state index contributed by atoms with van der Waals surface area (Å²) in [6.07, 6.45) is 17.4. The Morgan fingerprint density at radius 2 is 0.878 bits per heavy atom. The van der Waals surface area contributed by atoms with Crippen LogP contribution in [0.2, 0.25) is 103 Å². The summed E-state index contributed by atoms with van der Waals surface area (Å²) in [6.45, 7) is 42.0. The van der Waals surface area contributed by atoms with E-state index in [2.05, 4.69) is 105 Å². The van der Waals surface area contributed by atoms with E-state index in [1.807, 2.05) is 12.2 Å². The number of hydrogen-bond acceptors (Lipinski definition) is 0. The molecule has 0 rings (SSSR count). The van der Waals surface area contributed by atoms with Crippen molar-refractivity contribution in [1.29, 1.82) is 0 Å². The molecule has 0 aliphatic carbocycles. The molecule has 0 aromatic rings. The van der Waals surface area contributed by atoms with Crippen LogP contribution in [0.3, 0.4) is 0 Å². The van der Waals surface area contributed by atoms with Crippen molar-refractivity contribution < 1.29 is 12.4 Å². The topological polar surface area (TPSA) is 0 Å². The van der Waals surface area contributed by atoms with Crippen LogP contribution in [0.25, 0.3) is 0 Å². The number of alkyl halides is 1. The average Bonchev–Trinajstić information content (AvgIpc) is 2.70. The fourth-order valence-electron chi connectivity index (χ4n) is 3.96. The van der Waals surface area contributed by atoms with E-state index in [0.29, 0.717) is 0 Å². The van der Waals surface area contributed by atoms with Crippen molar-refractivity contribution in [2.75, 3.05) is 5.50 Å². The van der Waals surface area contributed by atoms with Crippen molar-refractivity contribution in [2.24, 2.45) is 0 Å². The van der Waals surface area contributed by atoms with Gasteiger partial charge in [0.2, 0.25) is 0 Å². The van der Waals surface area contributed by atoms with Gasteiger partial charge in [-0.3, -0.25) is 0 Å². The summed E-state index contributed by atoms with van der Waals surface area (Å²) >= 11 is 11.7. The minimum atomic E-state index is -1.27. The molecule has 0 bridgehead atoms. The van der Waals surface area contributed by atoms with Gasteiger partial charge < -0.3 is 19.0 Å². The molecular formula is C32H75Cl3MgSi5. The van der Waals surface area contributed by atoms with Gasteiger partial charge >= 0.3 is 23.1 Å². The maximum Gasteiger partial charge on any atom is 2.00 e. The summed E-state index contributed by atoms with van der Waals surface area (Å²) in [5.41, 5.74) is 2.49. The molecule has 0 atom stereocenters. The van der Waals surface area contributed by atoms with E-state index in [9.17, 15) is 0 Å². The molecule has 0 aliphatic rings. The second kappa shape index (κ2) is 30.8. The summed E-state index contributed by atoms with van der Waals surface area (Å²) in [4.78, 5) is 0. The Balaban J connectivity index is -0.000000108. The number of unbranched alkanes of at least 4 members (excludes halogenated alkanes) is 8. The zero-order valence-corrected chi connectivity index (χ0v) is 39.2. The molecule has 0 fully saturated rings. The number of rotatable bonds is 17.